The summed E-state index contributed by atoms with van der Waals surface area (Å²) in [6, 6.07) is 12.0. The Balaban J connectivity index is 0.00000141. The molecule has 3 heterocycles. The number of pyridine rings is 1. The van der Waals surface area contributed by atoms with Crippen LogP contribution in [-0.2, 0) is 4.74 Å². The summed E-state index contributed by atoms with van der Waals surface area (Å²) in [6.07, 6.45) is 4.23. The normalized spacial score (nSPS) is 16.1. The van der Waals surface area contributed by atoms with Crippen molar-refractivity contribution in [1.29, 1.82) is 5.41 Å². The molecule has 0 fully saturated rings. The van der Waals surface area contributed by atoms with Crippen LogP contribution in [0.15, 0.2) is 54.7 Å². The molecule has 3 N–H and O–H groups in total. The number of fused-ring (bicyclic) bond motifs is 2. The Morgan fingerprint density at radius 3 is 2.66 bits per heavy atom. The average Bonchev–Trinajstić information content (AvgIpc) is 2.88. The number of nitrogens with zero attached hydrogens (tertiary/aromatic N) is 1. The SMILES string of the molecule is CC.N=C(N)SCC1c2cc(-c3cccnc3F)ccc2Oc2c(F)cc(C3=CCCOC3)cc21. The van der Waals surface area contributed by atoms with E-state index >= 15 is 4.39 Å². The second kappa shape index (κ2) is 11.0. The van der Waals surface area contributed by atoms with E-state index in [2.05, 4.69) is 11.1 Å². The minimum absolute atomic E-state index is 0.0286. The van der Waals surface area contributed by atoms with Gasteiger partial charge in [-0.25, -0.2) is 9.37 Å². The highest BCUT2D eigenvalue weighted by atomic mass is 32.2. The van der Waals surface area contributed by atoms with Crippen molar-refractivity contribution in [2.75, 3.05) is 19.0 Å². The summed E-state index contributed by atoms with van der Waals surface area (Å²) in [5, 5.41) is 7.65. The van der Waals surface area contributed by atoms with E-state index in [1.165, 1.54) is 24.0 Å². The largest absolute Gasteiger partial charge is 0.454 e. The lowest BCUT2D eigenvalue weighted by atomic mass is 9.85. The van der Waals surface area contributed by atoms with E-state index in [9.17, 15) is 4.39 Å². The second-order valence-corrected chi connectivity index (χ2v) is 8.93. The Hall–Kier alpha value is -3.23. The smallest absolute Gasteiger partial charge is 0.220 e. The number of amidine groups is 1. The minimum atomic E-state index is -0.568. The molecule has 5 nitrogen and oxygen atoms in total. The van der Waals surface area contributed by atoms with E-state index < -0.39 is 11.8 Å². The fourth-order valence-corrected chi connectivity index (χ4v) is 4.94. The fraction of sp³-hybridized carbons (Fsp3) is 0.259. The van der Waals surface area contributed by atoms with Gasteiger partial charge in [-0.15, -0.1) is 0 Å². The number of aromatic nitrogens is 1. The number of nitrogens with one attached hydrogen (secondary N) is 1. The molecule has 0 amide bonds. The molecule has 0 aliphatic carbocycles. The first-order chi connectivity index (χ1) is 17.0. The zero-order valence-electron chi connectivity index (χ0n) is 19.6. The summed E-state index contributed by atoms with van der Waals surface area (Å²) in [4.78, 5) is 3.74. The molecule has 0 spiro atoms. The Morgan fingerprint density at radius 2 is 1.94 bits per heavy atom. The van der Waals surface area contributed by atoms with Gasteiger partial charge < -0.3 is 15.2 Å². The topological polar surface area (TPSA) is 81.2 Å². The number of ether oxygens (including phenoxy) is 2. The third kappa shape index (κ3) is 5.23. The van der Waals surface area contributed by atoms with Crippen LogP contribution >= 0.6 is 11.8 Å². The third-order valence-electron chi connectivity index (χ3n) is 5.80. The van der Waals surface area contributed by atoms with Gasteiger partial charge in [0.2, 0.25) is 5.95 Å². The summed E-state index contributed by atoms with van der Waals surface area (Å²) < 4.78 is 41.1. The molecule has 5 rings (SSSR count). The van der Waals surface area contributed by atoms with Crippen molar-refractivity contribution >= 4 is 22.5 Å². The third-order valence-corrected chi connectivity index (χ3v) is 6.61. The van der Waals surface area contributed by atoms with Gasteiger partial charge in [-0.1, -0.05) is 37.8 Å². The standard InChI is InChI=1S/C25H21F2N3O2S.C2H6/c26-21-11-16(15-3-2-8-31-12-15)10-19-20(13-33-25(28)29)18-9-14(5-6-22(18)32-23(19)21)17-4-1-7-30-24(17)27;1-2/h1,3-7,9-11,20H,2,8,12-13H2,(H3,28,29);1-2H3. The second-order valence-electron chi connectivity index (χ2n) is 7.87. The molecule has 1 unspecified atom stereocenters. The number of hydrogen-bond acceptors (Lipinski definition) is 5. The number of rotatable bonds is 4. The van der Waals surface area contributed by atoms with Crippen LogP contribution in [0, 0.1) is 17.2 Å². The maximum absolute atomic E-state index is 15.2. The summed E-state index contributed by atoms with van der Waals surface area (Å²) >= 11 is 1.17. The monoisotopic (exact) mass is 495 g/mol. The first kappa shape index (κ1) is 24.9. The molecule has 1 atom stereocenters. The van der Waals surface area contributed by atoms with Crippen LogP contribution in [0.4, 0.5) is 8.78 Å². The highest BCUT2D eigenvalue weighted by Gasteiger charge is 2.31. The lowest BCUT2D eigenvalue weighted by Gasteiger charge is -2.30. The zero-order valence-corrected chi connectivity index (χ0v) is 20.4. The van der Waals surface area contributed by atoms with Gasteiger partial charge in [0.15, 0.2) is 16.7 Å². The van der Waals surface area contributed by atoms with Crippen molar-refractivity contribution in [2.24, 2.45) is 5.73 Å². The van der Waals surface area contributed by atoms with Crippen molar-refractivity contribution in [2.45, 2.75) is 26.2 Å². The van der Waals surface area contributed by atoms with Crippen molar-refractivity contribution < 1.29 is 18.3 Å². The van der Waals surface area contributed by atoms with Gasteiger partial charge in [-0.2, -0.15) is 4.39 Å². The highest BCUT2D eigenvalue weighted by molar-refractivity contribution is 8.13. The number of thioether (sulfide) groups is 1. The Morgan fingerprint density at radius 1 is 1.14 bits per heavy atom. The number of halogens is 2. The molecule has 3 aromatic rings. The lowest BCUT2D eigenvalue weighted by molar-refractivity contribution is 0.164. The average molecular weight is 496 g/mol. The van der Waals surface area contributed by atoms with Crippen molar-refractivity contribution in [1.82, 2.24) is 4.98 Å². The molecule has 0 bridgehead atoms. The van der Waals surface area contributed by atoms with Crippen LogP contribution in [0.5, 0.6) is 11.5 Å². The summed E-state index contributed by atoms with van der Waals surface area (Å²) in [5.41, 5.74) is 9.75. The van der Waals surface area contributed by atoms with Crippen LogP contribution in [0.3, 0.4) is 0 Å². The molecule has 8 heteroatoms. The van der Waals surface area contributed by atoms with Crippen LogP contribution in [0.1, 0.15) is 42.9 Å². The molecule has 182 valence electrons. The van der Waals surface area contributed by atoms with Gasteiger partial charge in [-0.3, -0.25) is 5.41 Å². The predicted molar refractivity (Wildman–Crippen MR) is 137 cm³/mol. The van der Waals surface area contributed by atoms with Gasteiger partial charge in [0.25, 0.3) is 0 Å². The van der Waals surface area contributed by atoms with Crippen molar-refractivity contribution in [3.8, 4) is 22.6 Å². The van der Waals surface area contributed by atoms with Gasteiger partial charge in [-0.05, 0) is 59.5 Å². The first-order valence-electron chi connectivity index (χ1n) is 11.5. The van der Waals surface area contributed by atoms with Crippen LogP contribution < -0.4 is 10.5 Å². The Kier molecular flexibility index (Phi) is 7.83. The van der Waals surface area contributed by atoms with E-state index in [1.807, 2.05) is 26.0 Å². The predicted octanol–water partition coefficient (Wildman–Crippen LogP) is 6.72. The number of nitrogens with two attached hydrogens (primary N) is 1. The van der Waals surface area contributed by atoms with Gasteiger partial charge >= 0.3 is 0 Å². The lowest BCUT2D eigenvalue weighted by Crippen LogP contribution is -2.17. The maximum atomic E-state index is 15.2. The Labute approximate surface area is 207 Å². The van der Waals surface area contributed by atoms with Gasteiger partial charge in [0.1, 0.15) is 5.75 Å². The zero-order chi connectivity index (χ0) is 24.9. The van der Waals surface area contributed by atoms with E-state index in [-0.39, 0.29) is 16.8 Å². The van der Waals surface area contributed by atoms with Crippen molar-refractivity contribution in [3.63, 3.8) is 0 Å². The number of hydrogen-bond donors (Lipinski definition) is 2. The van der Waals surface area contributed by atoms with E-state index in [1.54, 1.807) is 24.3 Å². The molecule has 35 heavy (non-hydrogen) atoms. The Bertz CT molecular complexity index is 1280. The molecule has 2 aliphatic heterocycles. The first-order valence-corrected chi connectivity index (χ1v) is 12.5. The summed E-state index contributed by atoms with van der Waals surface area (Å²) in [6.45, 7) is 5.08. The molecule has 0 saturated carbocycles. The molecular formula is C27H27F2N3O2S. The summed E-state index contributed by atoms with van der Waals surface area (Å²) in [5.74, 6) is -0.260. The molecule has 2 aromatic carbocycles. The van der Waals surface area contributed by atoms with Crippen LogP contribution in [-0.4, -0.2) is 29.1 Å². The van der Waals surface area contributed by atoms with Crippen LogP contribution in [0.2, 0.25) is 0 Å². The minimum Gasteiger partial charge on any atom is -0.454 e. The van der Waals surface area contributed by atoms with E-state index in [4.69, 9.17) is 20.6 Å². The van der Waals surface area contributed by atoms with Gasteiger partial charge in [0, 0.05) is 34.6 Å². The van der Waals surface area contributed by atoms with Gasteiger partial charge in [0.05, 0.1) is 13.2 Å². The van der Waals surface area contributed by atoms with E-state index in [0.29, 0.717) is 41.4 Å². The maximum Gasteiger partial charge on any atom is 0.220 e. The molecule has 1 aromatic heterocycles. The number of benzene rings is 2. The fourth-order valence-electron chi connectivity index (χ4n) is 4.24. The van der Waals surface area contributed by atoms with Crippen LogP contribution in [0.25, 0.3) is 16.7 Å². The molecule has 0 radical (unpaired) electrons. The summed E-state index contributed by atoms with van der Waals surface area (Å²) in [7, 11) is 0. The van der Waals surface area contributed by atoms with Crippen molar-refractivity contribution in [3.05, 3.63) is 83.2 Å². The molecule has 0 saturated heterocycles. The molecular weight excluding hydrogens is 468 g/mol. The van der Waals surface area contributed by atoms with E-state index in [0.717, 1.165) is 23.1 Å². The molecule has 2 aliphatic rings. The highest BCUT2D eigenvalue weighted by Crippen LogP contribution is 2.48. The quantitative estimate of drug-likeness (QED) is 0.239.